The highest BCUT2D eigenvalue weighted by Gasteiger charge is 2.46. The maximum atomic E-state index is 10.5. The largest absolute Gasteiger partial charge is 0.497 e. The monoisotopic (exact) mass is 233 g/mol. The topological polar surface area (TPSA) is 47.9 Å². The summed E-state index contributed by atoms with van der Waals surface area (Å²) in [5, 5.41) is 0. The lowest BCUT2D eigenvalue weighted by molar-refractivity contribution is 0.329. The first-order valence-corrected chi connectivity index (χ1v) is 5.66. The van der Waals surface area contributed by atoms with Gasteiger partial charge in [-0.2, -0.15) is 4.99 Å². The summed E-state index contributed by atoms with van der Waals surface area (Å²) >= 11 is 0. The van der Waals surface area contributed by atoms with Gasteiger partial charge in [-0.25, -0.2) is 4.79 Å². The molecule has 1 saturated carbocycles. The van der Waals surface area contributed by atoms with Crippen LogP contribution in [0.2, 0.25) is 0 Å². The third-order valence-electron chi connectivity index (χ3n) is 2.97. The number of benzene rings is 1. The molecule has 0 amide bonds. The van der Waals surface area contributed by atoms with Crippen LogP contribution in [0, 0.1) is 0 Å². The van der Waals surface area contributed by atoms with Crippen LogP contribution in [-0.2, 0) is 10.3 Å². The average Bonchev–Trinajstić information content (AvgIpc) is 3.11. The van der Waals surface area contributed by atoms with Crippen LogP contribution in [0.25, 0.3) is 0 Å². The lowest BCUT2D eigenvalue weighted by Gasteiger charge is -2.15. The minimum absolute atomic E-state index is 0.404. The number of methoxy groups -OCH3 is 1. The maximum Gasteiger partial charge on any atom is 0.235 e. The van der Waals surface area contributed by atoms with Crippen molar-refractivity contribution in [3.63, 3.8) is 0 Å². The minimum atomic E-state index is -0.404. The summed E-state index contributed by atoms with van der Waals surface area (Å²) in [7, 11) is 1.61. The van der Waals surface area contributed by atoms with Crippen molar-refractivity contribution in [2.75, 3.05) is 13.7 Å². The van der Waals surface area contributed by atoms with E-state index in [1.54, 1.807) is 13.2 Å². The summed E-state index contributed by atoms with van der Waals surface area (Å²) < 4.78 is 10.7. The van der Waals surface area contributed by atoms with Crippen molar-refractivity contribution in [3.05, 3.63) is 23.8 Å². The van der Waals surface area contributed by atoms with Crippen molar-refractivity contribution < 1.29 is 14.3 Å². The minimum Gasteiger partial charge on any atom is -0.497 e. The molecule has 1 aliphatic carbocycles. The zero-order chi connectivity index (χ0) is 12.3. The van der Waals surface area contributed by atoms with Crippen molar-refractivity contribution in [2.45, 2.75) is 25.3 Å². The number of isocyanates is 1. The van der Waals surface area contributed by atoms with Gasteiger partial charge in [0.1, 0.15) is 17.0 Å². The van der Waals surface area contributed by atoms with Gasteiger partial charge < -0.3 is 9.47 Å². The highest BCUT2D eigenvalue weighted by molar-refractivity contribution is 5.50. The third-order valence-corrected chi connectivity index (χ3v) is 2.97. The van der Waals surface area contributed by atoms with E-state index in [1.807, 2.05) is 25.1 Å². The Morgan fingerprint density at radius 3 is 2.76 bits per heavy atom. The van der Waals surface area contributed by atoms with Crippen molar-refractivity contribution >= 4 is 6.08 Å². The first-order chi connectivity index (χ1) is 8.25. The third kappa shape index (κ3) is 2.17. The fraction of sp³-hybridized carbons (Fsp3) is 0.462. The number of rotatable bonds is 5. The Hall–Kier alpha value is -1.80. The van der Waals surface area contributed by atoms with Gasteiger partial charge in [-0.15, -0.1) is 0 Å². The molecule has 4 nitrogen and oxygen atoms in total. The second-order valence-electron chi connectivity index (χ2n) is 4.03. The van der Waals surface area contributed by atoms with Crippen LogP contribution in [0.3, 0.4) is 0 Å². The van der Waals surface area contributed by atoms with Crippen LogP contribution < -0.4 is 9.47 Å². The van der Waals surface area contributed by atoms with E-state index in [2.05, 4.69) is 4.99 Å². The highest BCUT2D eigenvalue weighted by Crippen LogP contribution is 2.52. The SMILES string of the molecule is CCOc1cc(OC)ccc1C1(N=C=O)CC1. The van der Waals surface area contributed by atoms with E-state index in [0.29, 0.717) is 6.61 Å². The van der Waals surface area contributed by atoms with E-state index in [1.165, 1.54) is 0 Å². The Balaban J connectivity index is 2.42. The van der Waals surface area contributed by atoms with E-state index < -0.39 is 5.54 Å². The molecule has 0 atom stereocenters. The number of carbonyl (C=O) groups excluding carboxylic acids is 1. The summed E-state index contributed by atoms with van der Waals surface area (Å²) in [6, 6.07) is 5.61. The number of ether oxygens (including phenoxy) is 2. The lowest BCUT2D eigenvalue weighted by Crippen LogP contribution is -2.06. The molecule has 1 aromatic carbocycles. The fourth-order valence-corrected chi connectivity index (χ4v) is 1.94. The van der Waals surface area contributed by atoms with E-state index >= 15 is 0 Å². The van der Waals surface area contributed by atoms with Gasteiger partial charge >= 0.3 is 0 Å². The number of hydrogen-bond donors (Lipinski definition) is 0. The molecule has 0 spiro atoms. The van der Waals surface area contributed by atoms with Crippen LogP contribution in [-0.4, -0.2) is 19.8 Å². The first-order valence-electron chi connectivity index (χ1n) is 5.66. The normalized spacial score (nSPS) is 15.9. The summed E-state index contributed by atoms with van der Waals surface area (Å²) in [4.78, 5) is 14.4. The summed E-state index contributed by atoms with van der Waals surface area (Å²) in [5.41, 5.74) is 0.543. The van der Waals surface area contributed by atoms with Crippen molar-refractivity contribution in [2.24, 2.45) is 4.99 Å². The van der Waals surface area contributed by atoms with Crippen LogP contribution in [0.15, 0.2) is 23.2 Å². The van der Waals surface area contributed by atoms with Crippen molar-refractivity contribution in [1.29, 1.82) is 0 Å². The number of hydrogen-bond acceptors (Lipinski definition) is 4. The van der Waals surface area contributed by atoms with Gasteiger partial charge in [0.2, 0.25) is 6.08 Å². The molecule has 0 N–H and O–H groups in total. The van der Waals surface area contributed by atoms with Crippen molar-refractivity contribution in [1.82, 2.24) is 0 Å². The Bertz CT molecular complexity index is 460. The number of nitrogens with zero attached hydrogens (tertiary/aromatic N) is 1. The van der Waals surface area contributed by atoms with Gasteiger partial charge in [0.25, 0.3) is 0 Å². The highest BCUT2D eigenvalue weighted by atomic mass is 16.5. The molecule has 1 fully saturated rings. The van der Waals surface area contributed by atoms with Crippen LogP contribution in [0.4, 0.5) is 0 Å². The van der Waals surface area contributed by atoms with E-state index in [0.717, 1.165) is 29.9 Å². The molecule has 17 heavy (non-hydrogen) atoms. The van der Waals surface area contributed by atoms with E-state index in [-0.39, 0.29) is 0 Å². The average molecular weight is 233 g/mol. The van der Waals surface area contributed by atoms with Gasteiger partial charge in [-0.05, 0) is 31.9 Å². The number of aliphatic imine (C=N–C) groups is 1. The van der Waals surface area contributed by atoms with Gasteiger partial charge in [0, 0.05) is 11.6 Å². The van der Waals surface area contributed by atoms with Crippen LogP contribution in [0.5, 0.6) is 11.5 Å². The summed E-state index contributed by atoms with van der Waals surface area (Å²) in [5.74, 6) is 1.48. The molecule has 0 radical (unpaired) electrons. The Morgan fingerprint density at radius 1 is 1.47 bits per heavy atom. The second kappa shape index (κ2) is 4.60. The quantitative estimate of drug-likeness (QED) is 0.579. The molecular formula is C13H15NO3. The molecule has 1 aliphatic rings. The van der Waals surface area contributed by atoms with E-state index in [9.17, 15) is 4.79 Å². The Kier molecular flexibility index (Phi) is 3.16. The zero-order valence-corrected chi connectivity index (χ0v) is 10.0. The molecule has 0 unspecified atom stereocenters. The molecule has 0 aromatic heterocycles. The molecule has 1 aromatic rings. The van der Waals surface area contributed by atoms with Crippen molar-refractivity contribution in [3.8, 4) is 11.5 Å². The molecule has 90 valence electrons. The molecule has 2 rings (SSSR count). The van der Waals surface area contributed by atoms with Crippen LogP contribution in [0.1, 0.15) is 25.3 Å². The Morgan fingerprint density at radius 2 is 2.24 bits per heavy atom. The van der Waals surface area contributed by atoms with Gasteiger partial charge in [0.05, 0.1) is 13.7 Å². The summed E-state index contributed by atoms with van der Waals surface area (Å²) in [6.45, 7) is 2.49. The predicted molar refractivity (Wildman–Crippen MR) is 63.2 cm³/mol. The smallest absolute Gasteiger partial charge is 0.235 e. The summed E-state index contributed by atoms with van der Waals surface area (Å²) in [6.07, 6.45) is 3.39. The fourth-order valence-electron chi connectivity index (χ4n) is 1.94. The molecule has 0 aliphatic heterocycles. The second-order valence-corrected chi connectivity index (χ2v) is 4.03. The maximum absolute atomic E-state index is 10.5. The van der Waals surface area contributed by atoms with Gasteiger partial charge in [-0.3, -0.25) is 0 Å². The molecular weight excluding hydrogens is 218 g/mol. The van der Waals surface area contributed by atoms with Crippen LogP contribution >= 0.6 is 0 Å². The zero-order valence-electron chi connectivity index (χ0n) is 10.0. The molecule has 0 heterocycles. The predicted octanol–water partition coefficient (Wildman–Crippen LogP) is 2.42. The lowest BCUT2D eigenvalue weighted by atomic mass is 10.0. The van der Waals surface area contributed by atoms with E-state index in [4.69, 9.17) is 9.47 Å². The molecule has 4 heteroatoms. The standard InChI is InChI=1S/C13H15NO3/c1-3-17-12-8-10(16-2)4-5-11(12)13(6-7-13)14-9-15/h4-5,8H,3,6-7H2,1-2H3. The molecule has 0 bridgehead atoms. The Labute approximate surface area is 100 Å². The molecule has 0 saturated heterocycles. The van der Waals surface area contributed by atoms with Gasteiger partial charge in [-0.1, -0.05) is 0 Å². The first kappa shape index (κ1) is 11.7. The van der Waals surface area contributed by atoms with Gasteiger partial charge in [0.15, 0.2) is 0 Å².